The number of rotatable bonds is 1. The molecule has 0 N–H and O–H groups in total. The molecule has 58 valence electrons. The molecule has 0 heterocycles. The van der Waals surface area contributed by atoms with Gasteiger partial charge in [0, 0.05) is 5.33 Å². The van der Waals surface area contributed by atoms with Crippen LogP contribution < -0.4 is 0 Å². The topological polar surface area (TPSA) is 0 Å². The maximum Gasteiger partial charge on any atom is 0.0252 e. The van der Waals surface area contributed by atoms with Gasteiger partial charge in [-0.1, -0.05) is 38.8 Å². The van der Waals surface area contributed by atoms with Crippen LogP contribution in [0.5, 0.6) is 0 Å². The zero-order chi connectivity index (χ0) is 7.56. The molecule has 1 aliphatic rings. The van der Waals surface area contributed by atoms with Crippen molar-refractivity contribution in [3.05, 3.63) is 10.1 Å². The van der Waals surface area contributed by atoms with Gasteiger partial charge in [0.1, 0.15) is 0 Å². The maximum absolute atomic E-state index is 3.59. The highest BCUT2D eigenvalue weighted by Gasteiger charge is 2.14. The lowest BCUT2D eigenvalue weighted by Crippen LogP contribution is -2.05. The number of allylic oxidation sites excluding steroid dienone is 2. The Labute approximate surface area is 79.3 Å². The molecule has 0 fully saturated rings. The van der Waals surface area contributed by atoms with Crippen molar-refractivity contribution in [1.29, 1.82) is 0 Å². The molecule has 0 amide bonds. The minimum absolute atomic E-state index is 0.883. The fourth-order valence-corrected chi connectivity index (χ4v) is 2.78. The molecule has 0 nitrogen and oxygen atoms in total. The van der Waals surface area contributed by atoms with E-state index >= 15 is 0 Å². The van der Waals surface area contributed by atoms with E-state index in [1.807, 2.05) is 0 Å². The van der Waals surface area contributed by atoms with Crippen LogP contribution in [-0.2, 0) is 0 Å². The van der Waals surface area contributed by atoms with Crippen LogP contribution >= 0.6 is 31.9 Å². The zero-order valence-corrected chi connectivity index (χ0v) is 9.33. The Morgan fingerprint density at radius 2 is 2.30 bits per heavy atom. The number of halogens is 2. The van der Waals surface area contributed by atoms with Crippen LogP contribution in [0.3, 0.4) is 0 Å². The Bertz CT molecular complexity index is 149. The first-order chi connectivity index (χ1) is 4.74. The molecule has 0 saturated carbocycles. The highest BCUT2D eigenvalue weighted by Crippen LogP contribution is 2.33. The standard InChI is InChI=1S/C8H12Br2/c1-6-2-3-8(10)7(4-6)5-9/h6H,2-5H2,1H3. The molecule has 0 saturated heterocycles. The molecule has 0 aromatic carbocycles. The van der Waals surface area contributed by atoms with Gasteiger partial charge in [0.15, 0.2) is 0 Å². The summed E-state index contributed by atoms with van der Waals surface area (Å²) in [5, 5.41) is 1.04. The van der Waals surface area contributed by atoms with E-state index in [9.17, 15) is 0 Å². The van der Waals surface area contributed by atoms with Gasteiger partial charge in [-0.2, -0.15) is 0 Å². The molecular weight excluding hydrogens is 256 g/mol. The van der Waals surface area contributed by atoms with E-state index in [1.165, 1.54) is 23.7 Å². The summed E-state index contributed by atoms with van der Waals surface area (Å²) in [6.07, 6.45) is 3.85. The van der Waals surface area contributed by atoms with Crippen LogP contribution in [0.25, 0.3) is 0 Å². The molecular formula is C8H12Br2. The lowest BCUT2D eigenvalue weighted by Gasteiger charge is -2.20. The zero-order valence-electron chi connectivity index (χ0n) is 6.16. The maximum atomic E-state index is 3.59. The largest absolute Gasteiger partial charge is 0.0880 e. The third kappa shape index (κ3) is 2.09. The predicted molar refractivity (Wildman–Crippen MR) is 52.8 cm³/mol. The second-order valence-electron chi connectivity index (χ2n) is 2.99. The molecule has 0 radical (unpaired) electrons. The summed E-state index contributed by atoms with van der Waals surface area (Å²) in [5.74, 6) is 0.883. The van der Waals surface area contributed by atoms with E-state index in [-0.39, 0.29) is 0 Å². The highest BCUT2D eigenvalue weighted by molar-refractivity contribution is 9.12. The first-order valence-electron chi connectivity index (χ1n) is 3.66. The Hall–Kier alpha value is 0.700. The molecule has 0 aromatic rings. The summed E-state index contributed by atoms with van der Waals surface area (Å²) in [4.78, 5) is 0. The van der Waals surface area contributed by atoms with Crippen LogP contribution in [0, 0.1) is 5.92 Å². The molecule has 0 spiro atoms. The first kappa shape index (κ1) is 8.79. The Morgan fingerprint density at radius 1 is 1.60 bits per heavy atom. The van der Waals surface area contributed by atoms with E-state index in [1.54, 1.807) is 5.57 Å². The van der Waals surface area contributed by atoms with Crippen molar-refractivity contribution in [2.45, 2.75) is 26.2 Å². The van der Waals surface area contributed by atoms with E-state index in [4.69, 9.17) is 0 Å². The predicted octanol–water partition coefficient (Wildman–Crippen LogP) is 3.85. The van der Waals surface area contributed by atoms with E-state index in [2.05, 4.69) is 38.8 Å². The number of hydrogen-bond acceptors (Lipinski definition) is 0. The first-order valence-corrected chi connectivity index (χ1v) is 5.58. The van der Waals surface area contributed by atoms with Crippen LogP contribution in [0.15, 0.2) is 10.1 Å². The van der Waals surface area contributed by atoms with Gasteiger partial charge < -0.3 is 0 Å². The van der Waals surface area contributed by atoms with Crippen LogP contribution in [0.1, 0.15) is 26.2 Å². The lowest BCUT2D eigenvalue weighted by atomic mass is 9.91. The van der Waals surface area contributed by atoms with Gasteiger partial charge in [-0.3, -0.25) is 0 Å². The average Bonchev–Trinajstić information content (AvgIpc) is 1.94. The lowest BCUT2D eigenvalue weighted by molar-refractivity contribution is 0.508. The average molecular weight is 268 g/mol. The summed E-state index contributed by atoms with van der Waals surface area (Å²) < 4.78 is 1.43. The number of alkyl halides is 1. The molecule has 2 heteroatoms. The molecule has 1 unspecified atom stereocenters. The SMILES string of the molecule is CC1CCC(Br)=C(CBr)C1. The van der Waals surface area contributed by atoms with Crippen molar-refractivity contribution in [3.8, 4) is 0 Å². The quantitative estimate of drug-likeness (QED) is 0.633. The smallest absolute Gasteiger partial charge is 0.0252 e. The Balaban J connectivity index is 2.62. The van der Waals surface area contributed by atoms with E-state index in [0.29, 0.717) is 0 Å². The van der Waals surface area contributed by atoms with Crippen molar-refractivity contribution in [2.75, 3.05) is 5.33 Å². The van der Waals surface area contributed by atoms with Crippen LogP contribution in [0.2, 0.25) is 0 Å². The molecule has 1 atom stereocenters. The van der Waals surface area contributed by atoms with Crippen molar-refractivity contribution in [1.82, 2.24) is 0 Å². The van der Waals surface area contributed by atoms with Crippen molar-refractivity contribution >= 4 is 31.9 Å². The van der Waals surface area contributed by atoms with Gasteiger partial charge in [0.2, 0.25) is 0 Å². The van der Waals surface area contributed by atoms with Gasteiger partial charge in [0.25, 0.3) is 0 Å². The van der Waals surface area contributed by atoms with E-state index in [0.717, 1.165) is 11.2 Å². The van der Waals surface area contributed by atoms with Gasteiger partial charge in [-0.25, -0.2) is 0 Å². The summed E-state index contributed by atoms with van der Waals surface area (Å²) in [5.41, 5.74) is 1.55. The minimum Gasteiger partial charge on any atom is -0.0880 e. The monoisotopic (exact) mass is 266 g/mol. The van der Waals surface area contributed by atoms with Crippen molar-refractivity contribution in [3.63, 3.8) is 0 Å². The van der Waals surface area contributed by atoms with Crippen LogP contribution in [0.4, 0.5) is 0 Å². The van der Waals surface area contributed by atoms with Gasteiger partial charge >= 0.3 is 0 Å². The minimum atomic E-state index is 0.883. The third-order valence-corrected chi connectivity index (χ3v) is 3.63. The second kappa shape index (κ2) is 3.91. The highest BCUT2D eigenvalue weighted by atomic mass is 79.9. The fourth-order valence-electron chi connectivity index (χ4n) is 1.31. The fraction of sp³-hybridized carbons (Fsp3) is 0.750. The number of hydrogen-bond donors (Lipinski definition) is 0. The molecule has 1 aliphatic carbocycles. The van der Waals surface area contributed by atoms with Crippen LogP contribution in [-0.4, -0.2) is 5.33 Å². The normalized spacial score (nSPS) is 27.3. The summed E-state index contributed by atoms with van der Waals surface area (Å²) >= 11 is 7.08. The third-order valence-electron chi connectivity index (χ3n) is 2.00. The van der Waals surface area contributed by atoms with Gasteiger partial charge in [-0.15, -0.1) is 0 Å². The second-order valence-corrected chi connectivity index (χ2v) is 4.51. The summed E-state index contributed by atoms with van der Waals surface area (Å²) in [7, 11) is 0. The summed E-state index contributed by atoms with van der Waals surface area (Å²) in [6, 6.07) is 0. The molecule has 0 aromatic heterocycles. The van der Waals surface area contributed by atoms with Crippen molar-refractivity contribution in [2.24, 2.45) is 5.92 Å². The molecule has 0 bridgehead atoms. The Kier molecular flexibility index (Phi) is 3.44. The molecule has 10 heavy (non-hydrogen) atoms. The molecule has 1 rings (SSSR count). The van der Waals surface area contributed by atoms with E-state index < -0.39 is 0 Å². The Morgan fingerprint density at radius 3 is 2.80 bits per heavy atom. The van der Waals surface area contributed by atoms with Crippen molar-refractivity contribution < 1.29 is 0 Å². The van der Waals surface area contributed by atoms with Gasteiger partial charge in [0.05, 0.1) is 0 Å². The summed E-state index contributed by atoms with van der Waals surface area (Å²) in [6.45, 7) is 2.32. The van der Waals surface area contributed by atoms with Gasteiger partial charge in [-0.05, 0) is 35.2 Å². The molecule has 0 aliphatic heterocycles.